The summed E-state index contributed by atoms with van der Waals surface area (Å²) in [6.07, 6.45) is 1.09. The number of nitrogens with zero attached hydrogens (tertiary/aromatic N) is 1. The summed E-state index contributed by atoms with van der Waals surface area (Å²) in [5.74, 6) is 0.860. The van der Waals surface area contributed by atoms with Gasteiger partial charge in [-0.1, -0.05) is 6.92 Å². The highest BCUT2D eigenvalue weighted by molar-refractivity contribution is 14.0. The normalized spacial score (nSPS) is 12.8. The van der Waals surface area contributed by atoms with E-state index in [4.69, 9.17) is 0 Å². The minimum Gasteiger partial charge on any atom is -0.354 e. The lowest BCUT2D eigenvalue weighted by atomic mass is 10.3. The molecule has 0 aliphatic rings. The zero-order valence-electron chi connectivity index (χ0n) is 10.3. The van der Waals surface area contributed by atoms with Crippen LogP contribution in [0.5, 0.6) is 0 Å². The summed E-state index contributed by atoms with van der Waals surface area (Å²) < 4.78 is 1.16. The van der Waals surface area contributed by atoms with Crippen LogP contribution in [0.3, 0.4) is 0 Å². The fourth-order valence-corrected chi connectivity index (χ4v) is 2.57. The summed E-state index contributed by atoms with van der Waals surface area (Å²) in [5.41, 5.74) is 0. The predicted molar refractivity (Wildman–Crippen MR) is 90.5 cm³/mol. The van der Waals surface area contributed by atoms with E-state index in [1.165, 1.54) is 4.88 Å². The van der Waals surface area contributed by atoms with Crippen molar-refractivity contribution in [3.63, 3.8) is 0 Å². The molecule has 3 nitrogen and oxygen atoms in total. The molecule has 1 aromatic rings. The van der Waals surface area contributed by atoms with Gasteiger partial charge in [0.15, 0.2) is 5.96 Å². The first-order valence-corrected chi connectivity index (χ1v) is 6.98. The van der Waals surface area contributed by atoms with Gasteiger partial charge in [0, 0.05) is 18.0 Å². The van der Waals surface area contributed by atoms with Crippen LogP contribution in [0, 0.1) is 0 Å². The number of thiophene rings is 1. The Hall–Kier alpha value is 0.180. The largest absolute Gasteiger partial charge is 0.354 e. The summed E-state index contributed by atoms with van der Waals surface area (Å²) in [5, 5.41) is 6.62. The third-order valence-electron chi connectivity index (χ3n) is 2.28. The van der Waals surface area contributed by atoms with Gasteiger partial charge < -0.3 is 10.6 Å². The fraction of sp³-hybridized carbons (Fsp3) is 0.545. The van der Waals surface area contributed by atoms with Crippen molar-refractivity contribution in [1.29, 1.82) is 0 Å². The van der Waals surface area contributed by atoms with Gasteiger partial charge in [-0.3, -0.25) is 4.99 Å². The standard InChI is InChI=1S/C11H18BrN3S.HI/c1-4-8(2)15-11(13-3)14-7-9-5-6-10(12)16-9;/h5-6,8H,4,7H2,1-3H3,(H2,13,14,15);1H. The first-order chi connectivity index (χ1) is 7.65. The summed E-state index contributed by atoms with van der Waals surface area (Å²) in [4.78, 5) is 5.48. The first kappa shape index (κ1) is 17.2. The van der Waals surface area contributed by atoms with Crippen LogP contribution in [0.25, 0.3) is 0 Å². The summed E-state index contributed by atoms with van der Waals surface area (Å²) in [7, 11) is 1.79. The van der Waals surface area contributed by atoms with Gasteiger partial charge in [-0.25, -0.2) is 0 Å². The minimum atomic E-state index is 0. The van der Waals surface area contributed by atoms with E-state index in [0.29, 0.717) is 6.04 Å². The lowest BCUT2D eigenvalue weighted by molar-refractivity contribution is 0.624. The van der Waals surface area contributed by atoms with E-state index in [9.17, 15) is 0 Å². The highest BCUT2D eigenvalue weighted by atomic mass is 127. The Labute approximate surface area is 133 Å². The van der Waals surface area contributed by atoms with Crippen LogP contribution in [0.2, 0.25) is 0 Å². The SMILES string of the molecule is CCC(C)NC(=NC)NCc1ccc(Br)s1.I. The molecule has 0 amide bonds. The van der Waals surface area contributed by atoms with Crippen molar-refractivity contribution >= 4 is 57.2 Å². The molecule has 0 aliphatic heterocycles. The van der Waals surface area contributed by atoms with Crippen molar-refractivity contribution < 1.29 is 0 Å². The second kappa shape index (κ2) is 9.16. The van der Waals surface area contributed by atoms with E-state index in [2.05, 4.69) is 57.5 Å². The average molecular weight is 432 g/mol. The molecule has 1 heterocycles. The number of guanidine groups is 1. The maximum atomic E-state index is 4.19. The van der Waals surface area contributed by atoms with Gasteiger partial charge in [0.05, 0.1) is 10.3 Å². The van der Waals surface area contributed by atoms with Gasteiger partial charge in [0.1, 0.15) is 0 Å². The zero-order chi connectivity index (χ0) is 12.0. The van der Waals surface area contributed by atoms with Crippen LogP contribution in [-0.4, -0.2) is 19.0 Å². The molecular weight excluding hydrogens is 413 g/mol. The molecule has 0 aliphatic carbocycles. The lowest BCUT2D eigenvalue weighted by Gasteiger charge is -2.15. The fourth-order valence-electron chi connectivity index (χ4n) is 1.15. The molecule has 0 saturated heterocycles. The Kier molecular flexibility index (Phi) is 9.25. The Morgan fingerprint density at radius 1 is 1.53 bits per heavy atom. The number of nitrogens with one attached hydrogen (secondary N) is 2. The average Bonchev–Trinajstić information content (AvgIpc) is 2.69. The molecule has 1 unspecified atom stereocenters. The molecule has 0 radical (unpaired) electrons. The van der Waals surface area contributed by atoms with E-state index in [0.717, 1.165) is 22.7 Å². The third kappa shape index (κ3) is 6.61. The van der Waals surface area contributed by atoms with Gasteiger partial charge in [-0.05, 0) is 41.4 Å². The molecule has 0 spiro atoms. The van der Waals surface area contributed by atoms with E-state index in [1.807, 2.05) is 0 Å². The van der Waals surface area contributed by atoms with Crippen LogP contribution in [0.1, 0.15) is 25.1 Å². The summed E-state index contributed by atoms with van der Waals surface area (Å²) in [6, 6.07) is 4.62. The zero-order valence-corrected chi connectivity index (χ0v) is 15.0. The molecule has 0 saturated carbocycles. The van der Waals surface area contributed by atoms with Crippen molar-refractivity contribution in [1.82, 2.24) is 10.6 Å². The second-order valence-corrected chi connectivity index (χ2v) is 6.13. The van der Waals surface area contributed by atoms with E-state index in [-0.39, 0.29) is 24.0 Å². The molecule has 0 aromatic carbocycles. The molecular formula is C11H19BrIN3S. The van der Waals surface area contributed by atoms with Crippen LogP contribution in [-0.2, 0) is 6.54 Å². The van der Waals surface area contributed by atoms with Crippen molar-refractivity contribution in [3.8, 4) is 0 Å². The monoisotopic (exact) mass is 431 g/mol. The van der Waals surface area contributed by atoms with E-state index < -0.39 is 0 Å². The topological polar surface area (TPSA) is 36.4 Å². The Morgan fingerprint density at radius 2 is 2.24 bits per heavy atom. The molecule has 98 valence electrons. The highest BCUT2D eigenvalue weighted by Crippen LogP contribution is 2.21. The number of hydrogen-bond donors (Lipinski definition) is 2. The minimum absolute atomic E-state index is 0. The number of hydrogen-bond acceptors (Lipinski definition) is 2. The maximum Gasteiger partial charge on any atom is 0.191 e. The van der Waals surface area contributed by atoms with Crippen molar-refractivity contribution in [2.45, 2.75) is 32.9 Å². The molecule has 6 heteroatoms. The van der Waals surface area contributed by atoms with Crippen LogP contribution in [0.4, 0.5) is 0 Å². The van der Waals surface area contributed by atoms with Crippen molar-refractivity contribution in [3.05, 3.63) is 20.8 Å². The Balaban J connectivity index is 0.00000256. The van der Waals surface area contributed by atoms with E-state index >= 15 is 0 Å². The van der Waals surface area contributed by atoms with Crippen LogP contribution < -0.4 is 10.6 Å². The van der Waals surface area contributed by atoms with Crippen molar-refractivity contribution in [2.75, 3.05) is 7.05 Å². The van der Waals surface area contributed by atoms with Crippen molar-refractivity contribution in [2.24, 2.45) is 4.99 Å². The van der Waals surface area contributed by atoms with Gasteiger partial charge >= 0.3 is 0 Å². The number of aliphatic imine (C=N–C) groups is 1. The lowest BCUT2D eigenvalue weighted by Crippen LogP contribution is -2.41. The first-order valence-electron chi connectivity index (χ1n) is 5.37. The maximum absolute atomic E-state index is 4.19. The molecule has 0 bridgehead atoms. The predicted octanol–water partition coefficient (Wildman–Crippen LogP) is 3.59. The van der Waals surface area contributed by atoms with E-state index in [1.54, 1.807) is 18.4 Å². The summed E-state index contributed by atoms with van der Waals surface area (Å²) >= 11 is 5.19. The number of rotatable bonds is 4. The summed E-state index contributed by atoms with van der Waals surface area (Å²) in [6.45, 7) is 5.11. The van der Waals surface area contributed by atoms with Crippen LogP contribution >= 0.6 is 51.2 Å². The van der Waals surface area contributed by atoms with Crippen LogP contribution in [0.15, 0.2) is 20.9 Å². The smallest absolute Gasteiger partial charge is 0.191 e. The van der Waals surface area contributed by atoms with Gasteiger partial charge in [-0.2, -0.15) is 0 Å². The highest BCUT2D eigenvalue weighted by Gasteiger charge is 2.03. The molecule has 17 heavy (non-hydrogen) atoms. The quantitative estimate of drug-likeness (QED) is 0.434. The second-order valence-electron chi connectivity index (χ2n) is 3.59. The van der Waals surface area contributed by atoms with Gasteiger partial charge in [0.25, 0.3) is 0 Å². The Bertz CT molecular complexity index is 354. The molecule has 1 aromatic heterocycles. The molecule has 1 atom stereocenters. The number of halogens is 2. The Morgan fingerprint density at radius 3 is 2.71 bits per heavy atom. The van der Waals surface area contributed by atoms with Gasteiger partial charge in [-0.15, -0.1) is 35.3 Å². The molecule has 2 N–H and O–H groups in total. The molecule has 0 fully saturated rings. The molecule has 1 rings (SSSR count). The third-order valence-corrected chi connectivity index (χ3v) is 3.90. The van der Waals surface area contributed by atoms with Gasteiger partial charge in [0.2, 0.25) is 0 Å².